The van der Waals surface area contributed by atoms with Crippen LogP contribution in [0.3, 0.4) is 0 Å². The molecule has 0 atom stereocenters. The number of unbranched alkanes of at least 4 members (excludes halogenated alkanes) is 17. The summed E-state index contributed by atoms with van der Waals surface area (Å²) >= 11 is 0. The Bertz CT molecular complexity index is 386. The zero-order valence-electron chi connectivity index (χ0n) is 20.3. The van der Waals surface area contributed by atoms with Crippen LogP contribution in [-0.4, -0.2) is 12.6 Å². The topological polar surface area (TPSA) is 26.3 Å². The molecule has 0 saturated heterocycles. The van der Waals surface area contributed by atoms with Gasteiger partial charge in [0.15, 0.2) is 0 Å². The first-order valence-corrected chi connectivity index (χ1v) is 13.2. The van der Waals surface area contributed by atoms with E-state index in [1.807, 2.05) is 6.08 Å². The molecule has 0 aliphatic rings. The highest BCUT2D eigenvalue weighted by Gasteiger charge is 2.02. The third kappa shape index (κ3) is 25.0. The van der Waals surface area contributed by atoms with Crippen molar-refractivity contribution in [3.8, 4) is 0 Å². The second-order valence-corrected chi connectivity index (χ2v) is 8.75. The first-order valence-electron chi connectivity index (χ1n) is 13.2. The van der Waals surface area contributed by atoms with E-state index in [9.17, 15) is 4.79 Å². The summed E-state index contributed by atoms with van der Waals surface area (Å²) in [4.78, 5) is 11.7. The molecule has 0 aromatic carbocycles. The lowest BCUT2D eigenvalue weighted by molar-refractivity contribution is -0.143. The Balaban J connectivity index is 3.20. The van der Waals surface area contributed by atoms with Gasteiger partial charge in [-0.3, -0.25) is 4.79 Å². The number of esters is 1. The minimum atomic E-state index is -0.00129. The van der Waals surface area contributed by atoms with Gasteiger partial charge in [-0.1, -0.05) is 102 Å². The van der Waals surface area contributed by atoms with E-state index >= 15 is 0 Å². The Labute approximate surface area is 188 Å². The fourth-order valence-corrected chi connectivity index (χ4v) is 3.70. The normalized spacial score (nSPS) is 11.2. The van der Waals surface area contributed by atoms with E-state index in [1.165, 1.54) is 103 Å². The lowest BCUT2D eigenvalue weighted by Crippen LogP contribution is -2.05. The van der Waals surface area contributed by atoms with Gasteiger partial charge in [0, 0.05) is 6.42 Å². The predicted molar refractivity (Wildman–Crippen MR) is 133 cm³/mol. The molecule has 0 bridgehead atoms. The zero-order chi connectivity index (χ0) is 22.0. The summed E-state index contributed by atoms with van der Waals surface area (Å²) in [5.41, 5.74) is 0. The van der Waals surface area contributed by atoms with Crippen molar-refractivity contribution in [1.29, 1.82) is 0 Å². The Morgan fingerprint density at radius 1 is 0.633 bits per heavy atom. The molecule has 0 aromatic heterocycles. The fraction of sp³-hybridized carbons (Fsp3) is 0.821. The Morgan fingerprint density at radius 2 is 1.10 bits per heavy atom. The van der Waals surface area contributed by atoms with E-state index in [1.54, 1.807) is 0 Å². The molecule has 176 valence electrons. The third-order valence-corrected chi connectivity index (χ3v) is 5.71. The van der Waals surface area contributed by atoms with Crippen LogP contribution in [0.2, 0.25) is 0 Å². The molecule has 30 heavy (non-hydrogen) atoms. The molecule has 0 rings (SSSR count). The minimum absolute atomic E-state index is 0.00129. The van der Waals surface area contributed by atoms with Crippen molar-refractivity contribution in [2.24, 2.45) is 0 Å². The van der Waals surface area contributed by atoms with Crippen LogP contribution in [0.25, 0.3) is 0 Å². The number of hydrogen-bond acceptors (Lipinski definition) is 2. The number of carbonyl (C=O) groups excluding carboxylic acids is 1. The lowest BCUT2D eigenvalue weighted by Gasteiger charge is -2.05. The summed E-state index contributed by atoms with van der Waals surface area (Å²) in [6.45, 7) is 6.63. The SMILES string of the molecule is C=CCCCCCCCCOC(=O)CCCCCCCC=CCCCCCCCC. The first kappa shape index (κ1) is 28.9. The molecule has 0 fully saturated rings. The van der Waals surface area contributed by atoms with Crippen molar-refractivity contribution < 1.29 is 9.53 Å². The van der Waals surface area contributed by atoms with Crippen molar-refractivity contribution >= 4 is 5.97 Å². The van der Waals surface area contributed by atoms with E-state index in [0.29, 0.717) is 13.0 Å². The van der Waals surface area contributed by atoms with Gasteiger partial charge in [-0.25, -0.2) is 0 Å². The van der Waals surface area contributed by atoms with Gasteiger partial charge in [0.05, 0.1) is 6.61 Å². The van der Waals surface area contributed by atoms with Crippen LogP contribution in [0.5, 0.6) is 0 Å². The summed E-state index contributed by atoms with van der Waals surface area (Å²) in [5, 5.41) is 0. The van der Waals surface area contributed by atoms with Crippen LogP contribution < -0.4 is 0 Å². The molecule has 2 heteroatoms. The lowest BCUT2D eigenvalue weighted by atomic mass is 10.1. The molecule has 0 aliphatic heterocycles. The Morgan fingerprint density at radius 3 is 1.67 bits per heavy atom. The van der Waals surface area contributed by atoms with Crippen LogP contribution in [0.4, 0.5) is 0 Å². The average molecular weight is 421 g/mol. The van der Waals surface area contributed by atoms with Crippen LogP contribution in [0, 0.1) is 0 Å². The van der Waals surface area contributed by atoms with Gasteiger partial charge in [-0.2, -0.15) is 0 Å². The number of hydrogen-bond donors (Lipinski definition) is 0. The first-order chi connectivity index (χ1) is 14.8. The maximum atomic E-state index is 11.7. The van der Waals surface area contributed by atoms with Gasteiger partial charge >= 0.3 is 5.97 Å². The third-order valence-electron chi connectivity index (χ3n) is 5.71. The summed E-state index contributed by atoms with van der Waals surface area (Å²) in [5.74, 6) is -0.00129. The van der Waals surface area contributed by atoms with E-state index < -0.39 is 0 Å². The molecule has 2 nitrogen and oxygen atoms in total. The molecule has 0 aliphatic carbocycles. The quantitative estimate of drug-likeness (QED) is 0.0882. The summed E-state index contributed by atoms with van der Waals surface area (Å²) in [7, 11) is 0. The number of allylic oxidation sites excluding steroid dienone is 3. The second kappa shape index (κ2) is 26.0. The predicted octanol–water partition coefficient (Wildman–Crippen LogP) is 9.48. The van der Waals surface area contributed by atoms with E-state index in [4.69, 9.17) is 4.74 Å². The molecule has 0 saturated carbocycles. The average Bonchev–Trinajstić information content (AvgIpc) is 2.75. The fourth-order valence-electron chi connectivity index (χ4n) is 3.70. The summed E-state index contributed by atoms with van der Waals surface area (Å²) in [6, 6.07) is 0. The van der Waals surface area contributed by atoms with Gasteiger partial charge in [0.2, 0.25) is 0 Å². The van der Waals surface area contributed by atoms with Crippen LogP contribution >= 0.6 is 0 Å². The van der Waals surface area contributed by atoms with Gasteiger partial charge in [-0.15, -0.1) is 6.58 Å². The van der Waals surface area contributed by atoms with Crippen LogP contribution in [0.1, 0.15) is 142 Å². The Kier molecular flexibility index (Phi) is 25.1. The monoisotopic (exact) mass is 420 g/mol. The highest BCUT2D eigenvalue weighted by molar-refractivity contribution is 5.69. The standard InChI is InChI=1S/C28H52O2/c1-3-5-7-9-11-13-14-15-16-17-18-19-20-22-24-26-28(29)30-27-25-23-21-12-10-8-6-4-2/h4,15-16H,2-3,5-14,17-27H2,1H3. The van der Waals surface area contributed by atoms with Crippen molar-refractivity contribution in [1.82, 2.24) is 0 Å². The summed E-state index contributed by atoms with van der Waals surface area (Å²) < 4.78 is 5.34. The Hall–Kier alpha value is -1.05. The van der Waals surface area contributed by atoms with E-state index in [0.717, 1.165) is 25.7 Å². The minimum Gasteiger partial charge on any atom is -0.466 e. The molecule has 0 heterocycles. The highest BCUT2D eigenvalue weighted by atomic mass is 16.5. The number of rotatable bonds is 24. The maximum absolute atomic E-state index is 11.7. The zero-order valence-corrected chi connectivity index (χ0v) is 20.3. The van der Waals surface area contributed by atoms with Gasteiger partial charge in [-0.05, 0) is 51.4 Å². The van der Waals surface area contributed by atoms with Crippen molar-refractivity contribution in [3.63, 3.8) is 0 Å². The van der Waals surface area contributed by atoms with E-state index in [-0.39, 0.29) is 5.97 Å². The highest BCUT2D eigenvalue weighted by Crippen LogP contribution is 2.11. The second-order valence-electron chi connectivity index (χ2n) is 8.75. The molecule has 0 radical (unpaired) electrons. The molecule has 0 unspecified atom stereocenters. The van der Waals surface area contributed by atoms with E-state index in [2.05, 4.69) is 25.7 Å². The van der Waals surface area contributed by atoms with Gasteiger partial charge in [0.25, 0.3) is 0 Å². The van der Waals surface area contributed by atoms with Crippen molar-refractivity contribution in [2.45, 2.75) is 142 Å². The molecule has 0 N–H and O–H groups in total. The maximum Gasteiger partial charge on any atom is 0.305 e. The van der Waals surface area contributed by atoms with Gasteiger partial charge < -0.3 is 4.74 Å². The largest absolute Gasteiger partial charge is 0.466 e. The number of carbonyl (C=O) groups is 1. The molecule has 0 amide bonds. The van der Waals surface area contributed by atoms with Gasteiger partial charge in [0.1, 0.15) is 0 Å². The molecular formula is C28H52O2. The van der Waals surface area contributed by atoms with Crippen LogP contribution in [-0.2, 0) is 9.53 Å². The number of ether oxygens (including phenoxy) is 1. The smallest absolute Gasteiger partial charge is 0.305 e. The van der Waals surface area contributed by atoms with Crippen molar-refractivity contribution in [2.75, 3.05) is 6.61 Å². The molecule has 0 spiro atoms. The molecular weight excluding hydrogens is 368 g/mol. The summed E-state index contributed by atoms with van der Waals surface area (Å²) in [6.07, 6.45) is 32.5. The molecule has 0 aromatic rings. The van der Waals surface area contributed by atoms with Crippen LogP contribution in [0.15, 0.2) is 24.8 Å². The van der Waals surface area contributed by atoms with Crippen molar-refractivity contribution in [3.05, 3.63) is 24.8 Å².